The molecule has 0 aliphatic carbocycles. The van der Waals surface area contributed by atoms with Crippen molar-refractivity contribution < 1.29 is 4.79 Å². The van der Waals surface area contributed by atoms with Crippen molar-refractivity contribution in [3.63, 3.8) is 0 Å². The predicted molar refractivity (Wildman–Crippen MR) is 114 cm³/mol. The highest BCUT2D eigenvalue weighted by atomic mass is 35.5. The van der Waals surface area contributed by atoms with E-state index in [0.717, 1.165) is 31.9 Å². The van der Waals surface area contributed by atoms with Crippen molar-refractivity contribution in [1.29, 1.82) is 0 Å². The van der Waals surface area contributed by atoms with Crippen molar-refractivity contribution in [2.45, 2.75) is 31.8 Å². The molecular weight excluding hydrogens is 397 g/mol. The number of thioether (sulfide) groups is 1. The van der Waals surface area contributed by atoms with Crippen LogP contribution in [-0.2, 0) is 11.3 Å². The normalized spacial score (nSPS) is 24.0. The third-order valence-corrected chi connectivity index (χ3v) is 6.57. The van der Waals surface area contributed by atoms with Crippen LogP contribution in [-0.4, -0.2) is 54.5 Å². The molecule has 2 unspecified atom stereocenters. The maximum Gasteiger partial charge on any atom is 0.221 e. The van der Waals surface area contributed by atoms with E-state index in [9.17, 15) is 4.79 Å². The highest BCUT2D eigenvalue weighted by molar-refractivity contribution is 7.99. The van der Waals surface area contributed by atoms with Gasteiger partial charge in [-0.25, -0.2) is 0 Å². The monoisotopic (exact) mass is 425 g/mol. The average molecular weight is 426 g/mol. The first-order chi connectivity index (χ1) is 11.3. The van der Waals surface area contributed by atoms with E-state index in [0.29, 0.717) is 18.4 Å². The minimum atomic E-state index is 0. The number of halogens is 2. The Bertz CT molecular complexity index is 484. The summed E-state index contributed by atoms with van der Waals surface area (Å²) >= 11 is 3.78. The highest BCUT2D eigenvalue weighted by Gasteiger charge is 2.22. The van der Waals surface area contributed by atoms with Gasteiger partial charge >= 0.3 is 0 Å². The molecule has 144 valence electrons. The molecule has 0 aromatic carbocycles. The molecule has 2 saturated heterocycles. The lowest BCUT2D eigenvalue weighted by Gasteiger charge is -2.32. The van der Waals surface area contributed by atoms with Gasteiger partial charge in [0.1, 0.15) is 0 Å². The number of nitrogens with one attached hydrogen (secondary N) is 2. The quantitative estimate of drug-likeness (QED) is 0.734. The fourth-order valence-corrected chi connectivity index (χ4v) is 5.08. The number of likely N-dealkylation sites (tertiary alicyclic amines) is 1. The number of hydrogen-bond acceptors (Lipinski definition) is 5. The van der Waals surface area contributed by atoms with Gasteiger partial charge in [-0.3, -0.25) is 9.69 Å². The second kappa shape index (κ2) is 12.4. The van der Waals surface area contributed by atoms with Crippen LogP contribution in [0.15, 0.2) is 17.5 Å². The molecule has 0 bridgehead atoms. The molecule has 25 heavy (non-hydrogen) atoms. The van der Waals surface area contributed by atoms with Gasteiger partial charge in [0, 0.05) is 55.0 Å². The van der Waals surface area contributed by atoms with E-state index in [4.69, 9.17) is 0 Å². The largest absolute Gasteiger partial charge is 0.356 e. The summed E-state index contributed by atoms with van der Waals surface area (Å²) in [7, 11) is 0. The molecule has 1 aromatic rings. The number of nitrogens with zero attached hydrogens (tertiary/aromatic N) is 1. The smallest absolute Gasteiger partial charge is 0.221 e. The van der Waals surface area contributed by atoms with Gasteiger partial charge in [0.25, 0.3) is 0 Å². The third-order valence-electron chi connectivity index (χ3n) is 4.58. The zero-order chi connectivity index (χ0) is 15.9. The zero-order valence-electron chi connectivity index (χ0n) is 14.4. The molecule has 2 N–H and O–H groups in total. The van der Waals surface area contributed by atoms with Crippen molar-refractivity contribution in [2.75, 3.05) is 37.7 Å². The Kier molecular flexibility index (Phi) is 11.5. The van der Waals surface area contributed by atoms with Gasteiger partial charge in [-0.2, -0.15) is 11.8 Å². The Morgan fingerprint density at radius 3 is 3.00 bits per heavy atom. The van der Waals surface area contributed by atoms with Crippen LogP contribution in [0.1, 0.15) is 24.1 Å². The molecule has 2 fully saturated rings. The summed E-state index contributed by atoms with van der Waals surface area (Å²) in [6.45, 7) is 5.22. The lowest BCUT2D eigenvalue weighted by molar-refractivity contribution is -0.121. The summed E-state index contributed by atoms with van der Waals surface area (Å²) in [5.41, 5.74) is 0. The van der Waals surface area contributed by atoms with Crippen LogP contribution in [0.4, 0.5) is 0 Å². The first-order valence-corrected chi connectivity index (χ1v) is 10.7. The standard InChI is InChI=1S/C17H27N3OS2.2ClH/c21-17(9-15-13-22-8-5-18-15)19-10-14-3-1-6-20(11-14)12-16-4-2-7-23-16;;/h2,4,7,14-15,18H,1,3,5-6,8-13H2,(H,19,21);2*1H. The summed E-state index contributed by atoms with van der Waals surface area (Å²) < 4.78 is 0. The molecule has 2 aliphatic heterocycles. The summed E-state index contributed by atoms with van der Waals surface area (Å²) in [4.78, 5) is 16.1. The summed E-state index contributed by atoms with van der Waals surface area (Å²) in [5.74, 6) is 3.04. The first-order valence-electron chi connectivity index (χ1n) is 8.62. The predicted octanol–water partition coefficient (Wildman–Crippen LogP) is 3.02. The third kappa shape index (κ3) is 8.06. The van der Waals surface area contributed by atoms with Crippen LogP contribution < -0.4 is 10.6 Å². The van der Waals surface area contributed by atoms with Crippen LogP contribution in [0.5, 0.6) is 0 Å². The maximum atomic E-state index is 12.1. The molecule has 8 heteroatoms. The minimum absolute atomic E-state index is 0. The van der Waals surface area contributed by atoms with Gasteiger partial charge in [-0.05, 0) is 36.8 Å². The van der Waals surface area contributed by atoms with E-state index in [1.54, 1.807) is 0 Å². The first kappa shape index (κ1) is 23.1. The van der Waals surface area contributed by atoms with Gasteiger partial charge in [-0.1, -0.05) is 6.07 Å². The van der Waals surface area contributed by atoms with E-state index in [-0.39, 0.29) is 30.7 Å². The Morgan fingerprint density at radius 2 is 2.28 bits per heavy atom. The fraction of sp³-hybridized carbons (Fsp3) is 0.706. The zero-order valence-corrected chi connectivity index (χ0v) is 17.7. The maximum absolute atomic E-state index is 12.1. The number of amides is 1. The Morgan fingerprint density at radius 1 is 1.40 bits per heavy atom. The van der Waals surface area contributed by atoms with Crippen LogP contribution in [0.25, 0.3) is 0 Å². The van der Waals surface area contributed by atoms with E-state index < -0.39 is 0 Å². The van der Waals surface area contributed by atoms with Gasteiger partial charge in [0.15, 0.2) is 0 Å². The molecule has 1 aromatic heterocycles. The number of carbonyl (C=O) groups is 1. The summed E-state index contributed by atoms with van der Waals surface area (Å²) in [5, 5.41) is 8.75. The molecule has 0 radical (unpaired) electrons. The van der Waals surface area contributed by atoms with Gasteiger partial charge in [0.2, 0.25) is 5.91 Å². The van der Waals surface area contributed by atoms with Crippen LogP contribution in [0, 0.1) is 5.92 Å². The Hall–Kier alpha value is 0.0200. The van der Waals surface area contributed by atoms with Crippen molar-refractivity contribution in [3.05, 3.63) is 22.4 Å². The van der Waals surface area contributed by atoms with Crippen LogP contribution >= 0.6 is 47.9 Å². The molecule has 3 heterocycles. The molecule has 0 spiro atoms. The van der Waals surface area contributed by atoms with E-state index >= 15 is 0 Å². The molecule has 4 nitrogen and oxygen atoms in total. The lowest BCUT2D eigenvalue weighted by atomic mass is 9.98. The number of rotatable bonds is 6. The Balaban J connectivity index is 0.00000156. The SMILES string of the molecule is Cl.Cl.O=C(CC1CSCCN1)NCC1CCCN(Cc2cccs2)C1. The molecule has 1 amide bonds. The van der Waals surface area contributed by atoms with E-state index in [1.165, 1.54) is 30.0 Å². The molecule has 0 saturated carbocycles. The number of thiophene rings is 1. The van der Waals surface area contributed by atoms with Crippen molar-refractivity contribution in [1.82, 2.24) is 15.5 Å². The van der Waals surface area contributed by atoms with Crippen molar-refractivity contribution in [2.24, 2.45) is 5.92 Å². The summed E-state index contributed by atoms with van der Waals surface area (Å²) in [6.07, 6.45) is 3.10. The molecule has 2 aliphatic rings. The topological polar surface area (TPSA) is 44.4 Å². The van der Waals surface area contributed by atoms with E-state index in [1.807, 2.05) is 23.1 Å². The molecule has 3 rings (SSSR count). The van der Waals surface area contributed by atoms with Crippen LogP contribution in [0.2, 0.25) is 0 Å². The number of hydrogen-bond donors (Lipinski definition) is 2. The van der Waals surface area contributed by atoms with Gasteiger partial charge in [0.05, 0.1) is 0 Å². The van der Waals surface area contributed by atoms with Gasteiger partial charge in [-0.15, -0.1) is 36.2 Å². The summed E-state index contributed by atoms with van der Waals surface area (Å²) in [6, 6.07) is 4.69. The van der Waals surface area contributed by atoms with E-state index in [2.05, 4.69) is 33.0 Å². The van der Waals surface area contributed by atoms with Crippen molar-refractivity contribution in [3.8, 4) is 0 Å². The second-order valence-corrected chi connectivity index (χ2v) is 8.74. The average Bonchev–Trinajstić information content (AvgIpc) is 3.07. The fourth-order valence-electron chi connectivity index (χ4n) is 3.39. The van der Waals surface area contributed by atoms with Gasteiger partial charge < -0.3 is 10.6 Å². The molecular formula is C17H29Cl2N3OS2. The second-order valence-electron chi connectivity index (χ2n) is 6.56. The Labute approximate surface area is 171 Å². The number of piperidine rings is 1. The van der Waals surface area contributed by atoms with Crippen molar-refractivity contribution >= 4 is 53.8 Å². The van der Waals surface area contributed by atoms with Crippen LogP contribution in [0.3, 0.4) is 0 Å². The minimum Gasteiger partial charge on any atom is -0.356 e. The highest BCUT2D eigenvalue weighted by Crippen LogP contribution is 2.20. The number of carbonyl (C=O) groups excluding carboxylic acids is 1. The molecule has 2 atom stereocenters. The lowest BCUT2D eigenvalue weighted by Crippen LogP contribution is -2.44.